The minimum atomic E-state index is -3.14. The van der Waals surface area contributed by atoms with Gasteiger partial charge in [-0.05, 0) is 24.5 Å². The first-order valence-corrected chi connectivity index (χ1v) is 7.06. The van der Waals surface area contributed by atoms with Gasteiger partial charge < -0.3 is 5.73 Å². The number of nitrogens with two attached hydrogens (primary N) is 1. The fourth-order valence-electron chi connectivity index (χ4n) is 2.14. The van der Waals surface area contributed by atoms with Crippen LogP contribution >= 0.6 is 0 Å². The SMILES string of the molecule is NC1(Cc2cccc(F)c2F)CCS(=O)(=O)C1. The van der Waals surface area contributed by atoms with Gasteiger partial charge in [-0.25, -0.2) is 17.2 Å². The van der Waals surface area contributed by atoms with Crippen LogP contribution in [0.25, 0.3) is 0 Å². The molecule has 6 heteroatoms. The second kappa shape index (κ2) is 4.03. The molecule has 2 rings (SSSR count). The number of hydrogen-bond acceptors (Lipinski definition) is 3. The molecule has 1 aromatic carbocycles. The number of rotatable bonds is 2. The summed E-state index contributed by atoms with van der Waals surface area (Å²) in [6, 6.07) is 3.84. The number of benzene rings is 1. The zero-order chi connectivity index (χ0) is 12.7. The van der Waals surface area contributed by atoms with Crippen LogP contribution in [0, 0.1) is 11.6 Å². The molecule has 1 fully saturated rings. The van der Waals surface area contributed by atoms with Crippen molar-refractivity contribution in [3.05, 3.63) is 35.4 Å². The van der Waals surface area contributed by atoms with Gasteiger partial charge in [0.25, 0.3) is 0 Å². The Morgan fingerprint density at radius 1 is 1.35 bits per heavy atom. The number of halogens is 2. The smallest absolute Gasteiger partial charge is 0.162 e. The Balaban J connectivity index is 2.25. The van der Waals surface area contributed by atoms with Gasteiger partial charge in [0.05, 0.1) is 11.5 Å². The minimum absolute atomic E-state index is 0.0143. The highest BCUT2D eigenvalue weighted by Crippen LogP contribution is 2.26. The molecule has 1 saturated heterocycles. The van der Waals surface area contributed by atoms with Crippen LogP contribution in [0.15, 0.2) is 18.2 Å². The van der Waals surface area contributed by atoms with Crippen LogP contribution in [0.3, 0.4) is 0 Å². The highest BCUT2D eigenvalue weighted by Gasteiger charge is 2.39. The first-order valence-electron chi connectivity index (χ1n) is 5.24. The summed E-state index contributed by atoms with van der Waals surface area (Å²) in [5, 5.41) is 0. The lowest BCUT2D eigenvalue weighted by Gasteiger charge is -2.22. The predicted octanol–water partition coefficient (Wildman–Crippen LogP) is 1.02. The molecule has 0 radical (unpaired) electrons. The van der Waals surface area contributed by atoms with E-state index in [1.54, 1.807) is 0 Å². The van der Waals surface area contributed by atoms with Crippen molar-refractivity contribution in [3.8, 4) is 0 Å². The second-order valence-corrected chi connectivity index (χ2v) is 6.78. The molecule has 1 aliphatic heterocycles. The van der Waals surface area contributed by atoms with E-state index >= 15 is 0 Å². The highest BCUT2D eigenvalue weighted by molar-refractivity contribution is 7.91. The Hall–Kier alpha value is -1.01. The van der Waals surface area contributed by atoms with Crippen LogP contribution in [0.2, 0.25) is 0 Å². The zero-order valence-corrected chi connectivity index (χ0v) is 9.93. The summed E-state index contributed by atoms with van der Waals surface area (Å²) >= 11 is 0. The van der Waals surface area contributed by atoms with Crippen LogP contribution in [0.1, 0.15) is 12.0 Å². The van der Waals surface area contributed by atoms with E-state index in [0.717, 1.165) is 6.07 Å². The van der Waals surface area contributed by atoms with E-state index in [0.29, 0.717) is 0 Å². The molecule has 3 nitrogen and oxygen atoms in total. The van der Waals surface area contributed by atoms with Gasteiger partial charge in [0.2, 0.25) is 0 Å². The lowest BCUT2D eigenvalue weighted by molar-refractivity contribution is 0.447. The molecule has 1 unspecified atom stereocenters. The normalized spacial score (nSPS) is 27.2. The Kier molecular flexibility index (Phi) is 2.95. The van der Waals surface area contributed by atoms with Crippen molar-refractivity contribution in [2.75, 3.05) is 11.5 Å². The van der Waals surface area contributed by atoms with Crippen molar-refractivity contribution in [2.24, 2.45) is 5.73 Å². The van der Waals surface area contributed by atoms with E-state index in [1.807, 2.05) is 0 Å². The van der Waals surface area contributed by atoms with Crippen LogP contribution in [0.5, 0.6) is 0 Å². The van der Waals surface area contributed by atoms with Crippen LogP contribution in [0.4, 0.5) is 8.78 Å². The Morgan fingerprint density at radius 2 is 2.06 bits per heavy atom. The van der Waals surface area contributed by atoms with Gasteiger partial charge in [-0.15, -0.1) is 0 Å². The van der Waals surface area contributed by atoms with Gasteiger partial charge in [-0.3, -0.25) is 0 Å². The molecule has 0 saturated carbocycles. The van der Waals surface area contributed by atoms with Gasteiger partial charge in [0.15, 0.2) is 21.5 Å². The molecule has 1 aromatic rings. The molecule has 1 atom stereocenters. The molecular weight excluding hydrogens is 248 g/mol. The van der Waals surface area contributed by atoms with Crippen LogP contribution in [-0.2, 0) is 16.3 Å². The van der Waals surface area contributed by atoms with Crippen molar-refractivity contribution in [2.45, 2.75) is 18.4 Å². The first-order chi connectivity index (χ1) is 7.81. The standard InChI is InChI=1S/C11H13F2NO2S/c12-9-3-1-2-8(10(9)13)6-11(14)4-5-17(15,16)7-11/h1-3H,4-7,14H2. The third-order valence-electron chi connectivity index (χ3n) is 2.99. The lowest BCUT2D eigenvalue weighted by Crippen LogP contribution is -2.43. The average molecular weight is 261 g/mol. The summed E-state index contributed by atoms with van der Waals surface area (Å²) < 4.78 is 49.1. The summed E-state index contributed by atoms with van der Waals surface area (Å²) in [4.78, 5) is 0. The molecule has 17 heavy (non-hydrogen) atoms. The largest absolute Gasteiger partial charge is 0.324 e. The van der Waals surface area contributed by atoms with Gasteiger partial charge in [0.1, 0.15) is 0 Å². The van der Waals surface area contributed by atoms with E-state index < -0.39 is 27.0 Å². The Morgan fingerprint density at radius 3 is 2.65 bits per heavy atom. The van der Waals surface area contributed by atoms with Crippen molar-refractivity contribution >= 4 is 9.84 Å². The van der Waals surface area contributed by atoms with E-state index in [-0.39, 0.29) is 29.9 Å². The van der Waals surface area contributed by atoms with E-state index in [2.05, 4.69) is 0 Å². The molecule has 0 aromatic heterocycles. The maximum Gasteiger partial charge on any atom is 0.162 e. The highest BCUT2D eigenvalue weighted by atomic mass is 32.2. The number of hydrogen-bond donors (Lipinski definition) is 1. The fourth-order valence-corrected chi connectivity index (χ4v) is 4.13. The summed E-state index contributed by atoms with van der Waals surface area (Å²) in [7, 11) is -3.14. The van der Waals surface area contributed by atoms with E-state index in [4.69, 9.17) is 5.73 Å². The summed E-state index contributed by atoms with van der Waals surface area (Å²) in [5.74, 6) is -2.04. The van der Waals surface area contributed by atoms with E-state index in [1.165, 1.54) is 12.1 Å². The van der Waals surface area contributed by atoms with Crippen molar-refractivity contribution in [1.82, 2.24) is 0 Å². The lowest BCUT2D eigenvalue weighted by atomic mass is 9.91. The van der Waals surface area contributed by atoms with Gasteiger partial charge in [-0.2, -0.15) is 0 Å². The zero-order valence-electron chi connectivity index (χ0n) is 9.12. The second-order valence-electron chi connectivity index (χ2n) is 4.59. The molecular formula is C11H13F2NO2S. The van der Waals surface area contributed by atoms with E-state index in [9.17, 15) is 17.2 Å². The molecule has 0 bridgehead atoms. The summed E-state index contributed by atoms with van der Waals surface area (Å²) in [6.45, 7) is 0. The summed E-state index contributed by atoms with van der Waals surface area (Å²) in [5.41, 5.74) is 5.07. The van der Waals surface area contributed by atoms with Crippen molar-refractivity contribution in [3.63, 3.8) is 0 Å². The van der Waals surface area contributed by atoms with Crippen LogP contribution in [-0.4, -0.2) is 25.5 Å². The van der Waals surface area contributed by atoms with Gasteiger partial charge >= 0.3 is 0 Å². The molecule has 0 aliphatic carbocycles. The third kappa shape index (κ3) is 2.63. The van der Waals surface area contributed by atoms with Crippen molar-refractivity contribution < 1.29 is 17.2 Å². The molecule has 0 amide bonds. The first kappa shape index (κ1) is 12.4. The average Bonchev–Trinajstić information content (AvgIpc) is 2.49. The van der Waals surface area contributed by atoms with Crippen molar-refractivity contribution in [1.29, 1.82) is 0 Å². The predicted molar refractivity (Wildman–Crippen MR) is 60.3 cm³/mol. The molecule has 2 N–H and O–H groups in total. The maximum absolute atomic E-state index is 13.4. The molecule has 0 spiro atoms. The molecule has 94 valence electrons. The Bertz CT molecular complexity index is 544. The van der Waals surface area contributed by atoms with Crippen LogP contribution < -0.4 is 5.73 Å². The summed E-state index contributed by atoms with van der Waals surface area (Å²) in [6.07, 6.45) is 0.321. The third-order valence-corrected chi connectivity index (χ3v) is 4.83. The topological polar surface area (TPSA) is 60.2 Å². The fraction of sp³-hybridized carbons (Fsp3) is 0.455. The maximum atomic E-state index is 13.4. The molecule has 1 aliphatic rings. The van der Waals surface area contributed by atoms with Gasteiger partial charge in [-0.1, -0.05) is 12.1 Å². The minimum Gasteiger partial charge on any atom is -0.324 e. The molecule has 1 heterocycles. The Labute approximate surface area is 98.5 Å². The monoisotopic (exact) mass is 261 g/mol. The van der Waals surface area contributed by atoms with Gasteiger partial charge in [0, 0.05) is 5.54 Å². The quantitative estimate of drug-likeness (QED) is 0.864. The number of sulfone groups is 1.